The average molecular weight is 386 g/mol. The Morgan fingerprint density at radius 3 is 2.50 bits per heavy atom. The zero-order valence-corrected chi connectivity index (χ0v) is 13.3. The van der Waals surface area contributed by atoms with Crippen LogP contribution in [0.15, 0.2) is 29.2 Å². The number of rotatable bonds is 5. The highest BCUT2D eigenvalue weighted by molar-refractivity contribution is 7.14. The summed E-state index contributed by atoms with van der Waals surface area (Å²) in [5, 5.41) is -0.321. The van der Waals surface area contributed by atoms with Crippen LogP contribution in [-0.2, 0) is 19.1 Å². The average Bonchev–Trinajstić information content (AvgIpc) is 2.84. The fourth-order valence-corrected chi connectivity index (χ4v) is 3.19. The van der Waals surface area contributed by atoms with Crippen LogP contribution < -0.4 is 5.56 Å². The van der Waals surface area contributed by atoms with Crippen LogP contribution in [0.5, 0.6) is 0 Å². The molecule has 0 aliphatic heterocycles. The van der Waals surface area contributed by atoms with E-state index in [9.17, 15) is 31.5 Å². The lowest BCUT2D eigenvalue weighted by atomic mass is 10.1. The van der Waals surface area contributed by atoms with Gasteiger partial charge in [-0.1, -0.05) is 17.7 Å². The van der Waals surface area contributed by atoms with Gasteiger partial charge in [-0.25, -0.2) is 8.78 Å². The van der Waals surface area contributed by atoms with E-state index in [-0.39, 0.29) is 33.2 Å². The van der Waals surface area contributed by atoms with E-state index in [0.717, 1.165) is 16.8 Å². The van der Waals surface area contributed by atoms with Crippen LogP contribution in [0.2, 0.25) is 5.02 Å². The molecule has 2 aromatic heterocycles. The van der Waals surface area contributed by atoms with E-state index < -0.39 is 35.4 Å². The lowest BCUT2D eigenvalue weighted by molar-refractivity contribution is -0.134. The summed E-state index contributed by atoms with van der Waals surface area (Å²) in [5.74, 6) is -0.692. The first-order valence-electron chi connectivity index (χ1n) is 6.45. The van der Waals surface area contributed by atoms with E-state index in [2.05, 4.69) is 0 Å². The van der Waals surface area contributed by atoms with E-state index in [1.807, 2.05) is 0 Å². The molecular formula is C14H9ClF5NO2S. The Labute approximate surface area is 141 Å². The summed E-state index contributed by atoms with van der Waals surface area (Å²) in [5.41, 5.74) is -0.446. The molecule has 0 saturated carbocycles. The number of hydrogen-bond donors (Lipinski definition) is 0. The number of carbonyl (C=O) groups excluding carboxylic acids is 1. The predicted molar refractivity (Wildman–Crippen MR) is 79.1 cm³/mol. The maximum Gasteiger partial charge on any atom is 0.425 e. The van der Waals surface area contributed by atoms with Crippen molar-refractivity contribution in [3.05, 3.63) is 55.1 Å². The van der Waals surface area contributed by atoms with E-state index >= 15 is 0 Å². The summed E-state index contributed by atoms with van der Waals surface area (Å²) in [4.78, 5) is 22.3. The summed E-state index contributed by atoms with van der Waals surface area (Å²) < 4.78 is 63.4. The molecule has 0 aromatic carbocycles. The molecule has 2 heterocycles. The second kappa shape index (κ2) is 7.02. The van der Waals surface area contributed by atoms with Crippen molar-refractivity contribution in [2.75, 3.05) is 0 Å². The van der Waals surface area contributed by atoms with Crippen molar-refractivity contribution in [1.29, 1.82) is 0 Å². The quantitative estimate of drug-likeness (QED) is 0.569. The zero-order valence-electron chi connectivity index (χ0n) is 11.7. The highest BCUT2D eigenvalue weighted by Crippen LogP contribution is 2.39. The van der Waals surface area contributed by atoms with E-state index in [1.165, 1.54) is 6.07 Å². The van der Waals surface area contributed by atoms with Gasteiger partial charge in [-0.05, 0) is 11.6 Å². The van der Waals surface area contributed by atoms with Crippen LogP contribution in [0.1, 0.15) is 20.1 Å². The summed E-state index contributed by atoms with van der Waals surface area (Å²) in [7, 11) is 0. The maximum atomic E-state index is 12.6. The molecule has 0 fully saturated rings. The van der Waals surface area contributed by atoms with E-state index in [4.69, 9.17) is 11.6 Å². The minimum Gasteiger partial charge on any atom is -0.310 e. The normalized spacial score (nSPS) is 12.0. The predicted octanol–water partition coefficient (Wildman–Crippen LogP) is 4.27. The number of pyridine rings is 1. The number of aromatic nitrogens is 1. The van der Waals surface area contributed by atoms with Crippen molar-refractivity contribution in [1.82, 2.24) is 4.57 Å². The van der Waals surface area contributed by atoms with Crippen LogP contribution >= 0.6 is 22.9 Å². The van der Waals surface area contributed by atoms with Gasteiger partial charge in [0.1, 0.15) is 4.88 Å². The van der Waals surface area contributed by atoms with Crippen molar-refractivity contribution in [3.63, 3.8) is 0 Å². The Bertz CT molecular complexity index is 812. The molecule has 0 spiro atoms. The first-order chi connectivity index (χ1) is 11.1. The molecule has 0 saturated heterocycles. The van der Waals surface area contributed by atoms with Crippen LogP contribution in [-0.4, -0.2) is 16.8 Å². The highest BCUT2D eigenvalue weighted by atomic mass is 35.5. The van der Waals surface area contributed by atoms with Crippen molar-refractivity contribution in [2.24, 2.45) is 0 Å². The number of alkyl halides is 5. The van der Waals surface area contributed by atoms with E-state index in [1.54, 1.807) is 0 Å². The third-order valence-electron chi connectivity index (χ3n) is 2.96. The number of nitrogens with zero attached hydrogens (tertiary/aromatic N) is 1. The van der Waals surface area contributed by atoms with Crippen LogP contribution in [0.3, 0.4) is 0 Å². The lowest BCUT2D eigenvalue weighted by Crippen LogP contribution is -2.22. The molecule has 3 nitrogen and oxygen atoms in total. The van der Waals surface area contributed by atoms with Crippen molar-refractivity contribution in [2.45, 2.75) is 25.6 Å². The van der Waals surface area contributed by atoms with Gasteiger partial charge in [-0.3, -0.25) is 9.59 Å². The van der Waals surface area contributed by atoms with Gasteiger partial charge in [0.2, 0.25) is 0 Å². The van der Waals surface area contributed by atoms with Crippen LogP contribution in [0, 0.1) is 0 Å². The molecule has 130 valence electrons. The third kappa shape index (κ3) is 4.41. The maximum absolute atomic E-state index is 12.6. The number of hydrogen-bond acceptors (Lipinski definition) is 3. The topological polar surface area (TPSA) is 39.1 Å². The fourth-order valence-electron chi connectivity index (χ4n) is 1.94. The van der Waals surface area contributed by atoms with Gasteiger partial charge >= 0.3 is 6.18 Å². The van der Waals surface area contributed by atoms with Crippen LogP contribution in [0.25, 0.3) is 0 Å². The lowest BCUT2D eigenvalue weighted by Gasteiger charge is -2.07. The monoisotopic (exact) mass is 385 g/mol. The van der Waals surface area contributed by atoms with Crippen molar-refractivity contribution < 1.29 is 26.7 Å². The van der Waals surface area contributed by atoms with Gasteiger partial charge in [0, 0.05) is 18.7 Å². The molecule has 0 N–H and O–H groups in total. The second-order valence-corrected chi connectivity index (χ2v) is 6.26. The Balaban J connectivity index is 2.24. The molecule has 0 unspecified atom stereocenters. The summed E-state index contributed by atoms with van der Waals surface area (Å²) in [6.45, 7) is -0.834. The number of carbonyl (C=O) groups is 1. The van der Waals surface area contributed by atoms with Gasteiger partial charge in [-0.15, -0.1) is 11.3 Å². The Kier molecular flexibility index (Phi) is 5.44. The zero-order chi connectivity index (χ0) is 18.1. The molecule has 0 aliphatic carbocycles. The fraction of sp³-hybridized carbons (Fsp3) is 0.286. The van der Waals surface area contributed by atoms with Crippen LogP contribution in [0.4, 0.5) is 22.0 Å². The molecule has 0 amide bonds. The third-order valence-corrected chi connectivity index (χ3v) is 4.59. The Morgan fingerprint density at radius 2 is 1.96 bits per heavy atom. The second-order valence-electron chi connectivity index (χ2n) is 4.80. The molecule has 0 radical (unpaired) electrons. The van der Waals surface area contributed by atoms with Gasteiger partial charge in [0.15, 0.2) is 5.78 Å². The van der Waals surface area contributed by atoms with Crippen molar-refractivity contribution in [3.8, 4) is 0 Å². The summed E-state index contributed by atoms with van der Waals surface area (Å²) >= 11 is 5.89. The van der Waals surface area contributed by atoms with Crippen molar-refractivity contribution >= 4 is 28.7 Å². The molecule has 2 rings (SSSR count). The number of thiophene rings is 1. The standard InChI is InChI=1S/C14H9ClF5NO2S/c15-8-4-10(14(18,19)20)24-13(8)9(22)3-7-1-2-12(23)21(5-7)6-11(16)17/h1-2,4-5,11H,3,6H2. The number of Topliss-reactive ketones (excluding diaryl/α,β-unsaturated/α-hetero) is 1. The minimum absolute atomic E-state index is 0.217. The minimum atomic E-state index is -4.61. The van der Waals surface area contributed by atoms with Gasteiger partial charge in [0.05, 0.1) is 16.4 Å². The van der Waals surface area contributed by atoms with Gasteiger partial charge in [-0.2, -0.15) is 13.2 Å². The smallest absolute Gasteiger partial charge is 0.310 e. The Hall–Kier alpha value is -1.74. The molecule has 0 bridgehead atoms. The summed E-state index contributed by atoms with van der Waals surface area (Å²) in [6.07, 6.45) is -6.65. The molecule has 0 atom stereocenters. The SMILES string of the molecule is O=C(Cc1ccc(=O)n(CC(F)F)c1)c1sc(C(F)(F)F)cc1Cl. The number of ketones is 1. The molecule has 2 aromatic rings. The first-order valence-corrected chi connectivity index (χ1v) is 7.64. The number of halogens is 6. The summed E-state index contributed by atoms with van der Waals surface area (Å²) in [6, 6.07) is 2.94. The first kappa shape index (κ1) is 18.6. The highest BCUT2D eigenvalue weighted by Gasteiger charge is 2.34. The van der Waals surface area contributed by atoms with Gasteiger partial charge < -0.3 is 4.57 Å². The Morgan fingerprint density at radius 1 is 1.29 bits per heavy atom. The van der Waals surface area contributed by atoms with E-state index in [0.29, 0.717) is 6.07 Å². The molecular weight excluding hydrogens is 377 g/mol. The van der Waals surface area contributed by atoms with Gasteiger partial charge in [0.25, 0.3) is 12.0 Å². The molecule has 10 heteroatoms. The molecule has 24 heavy (non-hydrogen) atoms. The largest absolute Gasteiger partial charge is 0.425 e. The molecule has 0 aliphatic rings.